The van der Waals surface area contributed by atoms with E-state index in [0.717, 1.165) is 19.3 Å². The highest BCUT2D eigenvalue weighted by Gasteiger charge is 2.05. The van der Waals surface area contributed by atoms with Gasteiger partial charge in [-0.15, -0.1) is 0 Å². The van der Waals surface area contributed by atoms with Crippen LogP contribution in [0.5, 0.6) is 0 Å². The Bertz CT molecular complexity index is 63.9. The van der Waals surface area contributed by atoms with Crippen molar-refractivity contribution in [2.45, 2.75) is 32.4 Å². The fourth-order valence-corrected chi connectivity index (χ4v) is 0.637. The highest BCUT2D eigenvalue weighted by atomic mass is 16.3. The third kappa shape index (κ3) is 4.43. The minimum absolute atomic E-state index is 0.495. The number of hydrogen-bond donors (Lipinski definition) is 0. The van der Waals surface area contributed by atoms with E-state index >= 15 is 0 Å². The molecule has 2 nitrogen and oxygen atoms in total. The van der Waals surface area contributed by atoms with E-state index in [1.54, 1.807) is 4.90 Å². The Balaban J connectivity index is 3.16. The van der Waals surface area contributed by atoms with Crippen LogP contribution in [0.15, 0.2) is 0 Å². The van der Waals surface area contributed by atoms with Gasteiger partial charge in [-0.2, -0.15) is 0 Å². The fraction of sp³-hybridized carbons (Fsp3) is 1.00. The average Bonchev–Trinajstić information content (AvgIpc) is 1.82. The third-order valence-corrected chi connectivity index (χ3v) is 1.38. The van der Waals surface area contributed by atoms with Crippen molar-refractivity contribution in [2.75, 3.05) is 14.1 Å². The van der Waals surface area contributed by atoms with Gasteiger partial charge >= 0.3 is 0 Å². The van der Waals surface area contributed by atoms with E-state index in [4.69, 9.17) is 0 Å². The van der Waals surface area contributed by atoms with Gasteiger partial charge in [-0.05, 0) is 26.9 Å². The molecular weight excluding hydrogens is 114 g/mol. The summed E-state index contributed by atoms with van der Waals surface area (Å²) in [5.41, 5.74) is 0. The lowest BCUT2D eigenvalue weighted by atomic mass is 10.2. The van der Waals surface area contributed by atoms with Crippen molar-refractivity contribution in [3.05, 3.63) is 0 Å². The van der Waals surface area contributed by atoms with E-state index < -0.39 is 6.23 Å². The van der Waals surface area contributed by atoms with Crippen molar-refractivity contribution in [1.29, 1.82) is 0 Å². The summed E-state index contributed by atoms with van der Waals surface area (Å²) in [5, 5.41) is 10.9. The minimum Gasteiger partial charge on any atom is -0.282 e. The molecule has 0 N–H and O–H groups in total. The van der Waals surface area contributed by atoms with Crippen LogP contribution < -0.4 is 0 Å². The average molecular weight is 130 g/mol. The second-order valence-electron chi connectivity index (χ2n) is 2.56. The van der Waals surface area contributed by atoms with Crippen LogP contribution in [0.3, 0.4) is 0 Å². The van der Waals surface area contributed by atoms with Crippen LogP contribution in [0.25, 0.3) is 0 Å². The largest absolute Gasteiger partial charge is 0.282 e. The van der Waals surface area contributed by atoms with E-state index in [2.05, 4.69) is 6.92 Å². The van der Waals surface area contributed by atoms with Crippen molar-refractivity contribution >= 4 is 0 Å². The summed E-state index contributed by atoms with van der Waals surface area (Å²) in [5.74, 6) is 0. The Labute approximate surface area is 57.5 Å². The van der Waals surface area contributed by atoms with Crippen LogP contribution in [0.1, 0.15) is 26.2 Å². The summed E-state index contributed by atoms with van der Waals surface area (Å²) in [6.07, 6.45) is 2.45. The van der Waals surface area contributed by atoms with E-state index in [9.17, 15) is 5.11 Å². The summed E-state index contributed by atoms with van der Waals surface area (Å²) in [6, 6.07) is 0. The molecule has 1 unspecified atom stereocenters. The molecule has 2 heteroatoms. The first-order valence-corrected chi connectivity index (χ1v) is 3.50. The van der Waals surface area contributed by atoms with Crippen molar-refractivity contribution in [2.24, 2.45) is 0 Å². The van der Waals surface area contributed by atoms with Gasteiger partial charge in [-0.3, -0.25) is 4.90 Å². The molecule has 55 valence electrons. The van der Waals surface area contributed by atoms with Crippen molar-refractivity contribution in [3.63, 3.8) is 0 Å². The molecule has 1 radical (unpaired) electrons. The van der Waals surface area contributed by atoms with Gasteiger partial charge in [-0.25, -0.2) is 5.11 Å². The van der Waals surface area contributed by atoms with Crippen LogP contribution in [-0.4, -0.2) is 25.2 Å². The lowest BCUT2D eigenvalue weighted by Gasteiger charge is -2.14. The van der Waals surface area contributed by atoms with Crippen molar-refractivity contribution < 1.29 is 5.11 Å². The SMILES string of the molecule is CCCCC([O])N(C)C. The molecule has 0 amide bonds. The molecule has 0 aliphatic heterocycles. The number of rotatable bonds is 4. The smallest absolute Gasteiger partial charge is 0.145 e. The Kier molecular flexibility index (Phi) is 4.72. The summed E-state index contributed by atoms with van der Waals surface area (Å²) >= 11 is 0. The topological polar surface area (TPSA) is 23.1 Å². The van der Waals surface area contributed by atoms with Gasteiger partial charge in [-0.1, -0.05) is 13.3 Å². The van der Waals surface area contributed by atoms with E-state index in [-0.39, 0.29) is 0 Å². The zero-order chi connectivity index (χ0) is 7.28. The maximum absolute atomic E-state index is 10.9. The second-order valence-corrected chi connectivity index (χ2v) is 2.56. The maximum atomic E-state index is 10.9. The Morgan fingerprint density at radius 3 is 2.33 bits per heavy atom. The molecule has 0 aliphatic rings. The molecule has 0 aromatic heterocycles. The van der Waals surface area contributed by atoms with Gasteiger partial charge in [0.25, 0.3) is 0 Å². The highest BCUT2D eigenvalue weighted by molar-refractivity contribution is 4.49. The molecule has 0 aliphatic carbocycles. The van der Waals surface area contributed by atoms with E-state index in [0.29, 0.717) is 0 Å². The quantitative estimate of drug-likeness (QED) is 0.529. The zero-order valence-electron chi connectivity index (χ0n) is 6.55. The monoisotopic (exact) mass is 130 g/mol. The minimum atomic E-state index is -0.495. The highest BCUT2D eigenvalue weighted by Crippen LogP contribution is 2.01. The van der Waals surface area contributed by atoms with Crippen molar-refractivity contribution in [1.82, 2.24) is 4.90 Å². The van der Waals surface area contributed by atoms with Crippen LogP contribution in [0, 0.1) is 0 Å². The van der Waals surface area contributed by atoms with Gasteiger partial charge in [0.15, 0.2) is 0 Å². The predicted molar refractivity (Wildman–Crippen MR) is 37.7 cm³/mol. The first-order chi connectivity index (χ1) is 4.18. The lowest BCUT2D eigenvalue weighted by molar-refractivity contribution is -0.0273. The summed E-state index contributed by atoms with van der Waals surface area (Å²) in [6.45, 7) is 2.10. The van der Waals surface area contributed by atoms with Crippen LogP contribution in [0.2, 0.25) is 0 Å². The summed E-state index contributed by atoms with van der Waals surface area (Å²) in [7, 11) is 3.65. The molecule has 0 rings (SSSR count). The molecule has 0 heterocycles. The molecule has 0 fully saturated rings. The molecule has 9 heavy (non-hydrogen) atoms. The molecule has 0 aromatic rings. The molecule has 1 atom stereocenters. The predicted octanol–water partition coefficient (Wildman–Crippen LogP) is 1.49. The van der Waals surface area contributed by atoms with E-state index in [1.807, 2.05) is 14.1 Å². The van der Waals surface area contributed by atoms with Crippen molar-refractivity contribution in [3.8, 4) is 0 Å². The maximum Gasteiger partial charge on any atom is 0.145 e. The fourth-order valence-electron chi connectivity index (χ4n) is 0.637. The van der Waals surface area contributed by atoms with Crippen LogP contribution >= 0.6 is 0 Å². The number of unbranched alkanes of at least 4 members (excludes halogenated alkanes) is 1. The van der Waals surface area contributed by atoms with Gasteiger partial charge in [0, 0.05) is 0 Å². The molecule has 0 spiro atoms. The normalized spacial score (nSPS) is 14.3. The van der Waals surface area contributed by atoms with Crippen LogP contribution in [-0.2, 0) is 5.11 Å². The van der Waals surface area contributed by atoms with Gasteiger partial charge in [0.1, 0.15) is 6.23 Å². The van der Waals surface area contributed by atoms with E-state index in [1.165, 1.54) is 0 Å². The number of nitrogens with zero attached hydrogens (tertiary/aromatic N) is 1. The Hall–Kier alpha value is -0.0800. The van der Waals surface area contributed by atoms with Gasteiger partial charge in [0.05, 0.1) is 0 Å². The van der Waals surface area contributed by atoms with Gasteiger partial charge in [0.2, 0.25) is 0 Å². The molecule has 0 bridgehead atoms. The molecule has 0 aromatic carbocycles. The van der Waals surface area contributed by atoms with Crippen LogP contribution in [0.4, 0.5) is 0 Å². The lowest BCUT2D eigenvalue weighted by Crippen LogP contribution is -2.25. The molecule has 0 saturated heterocycles. The third-order valence-electron chi connectivity index (χ3n) is 1.38. The second kappa shape index (κ2) is 4.77. The van der Waals surface area contributed by atoms with Gasteiger partial charge < -0.3 is 0 Å². The standard InChI is InChI=1S/C7H16NO/c1-4-5-6-7(9)8(2)3/h7H,4-6H2,1-3H3. The Morgan fingerprint density at radius 2 is 2.00 bits per heavy atom. The Morgan fingerprint density at radius 1 is 1.44 bits per heavy atom. The zero-order valence-corrected chi connectivity index (χ0v) is 6.55. The summed E-state index contributed by atoms with van der Waals surface area (Å²) < 4.78 is 0. The number of hydrogen-bond acceptors (Lipinski definition) is 1. The molecular formula is C7H16NO. The first kappa shape index (κ1) is 8.92. The summed E-state index contributed by atoms with van der Waals surface area (Å²) in [4.78, 5) is 1.72. The first-order valence-electron chi connectivity index (χ1n) is 3.50. The molecule has 0 saturated carbocycles.